The van der Waals surface area contributed by atoms with Crippen molar-refractivity contribution in [2.75, 3.05) is 19.8 Å². The molecule has 4 nitrogen and oxygen atoms in total. The highest BCUT2D eigenvalue weighted by atomic mass is 35.5. The van der Waals surface area contributed by atoms with Crippen LogP contribution in [0.5, 0.6) is 0 Å². The number of hydrogen-bond donors (Lipinski definition) is 2. The van der Waals surface area contributed by atoms with Gasteiger partial charge in [-0.1, -0.05) is 11.6 Å². The van der Waals surface area contributed by atoms with Gasteiger partial charge < -0.3 is 15.2 Å². The van der Waals surface area contributed by atoms with Crippen molar-refractivity contribution >= 4 is 17.5 Å². The number of halogens is 3. The molecule has 2 N–H and O–H groups in total. The lowest BCUT2D eigenvalue weighted by molar-refractivity contribution is 0.0264. The lowest BCUT2D eigenvalue weighted by Crippen LogP contribution is -2.43. The van der Waals surface area contributed by atoms with E-state index in [4.69, 9.17) is 16.3 Å². The Morgan fingerprint density at radius 1 is 1.47 bits per heavy atom. The quantitative estimate of drug-likeness (QED) is 0.830. The van der Waals surface area contributed by atoms with Crippen molar-refractivity contribution in [1.29, 1.82) is 0 Å². The van der Waals surface area contributed by atoms with E-state index in [-0.39, 0.29) is 23.7 Å². The molecule has 1 aromatic rings. The van der Waals surface area contributed by atoms with E-state index < -0.39 is 23.1 Å². The maximum absolute atomic E-state index is 13.1. The fraction of sp³-hybridized carbons (Fsp3) is 0.417. The van der Waals surface area contributed by atoms with Gasteiger partial charge in [-0.3, -0.25) is 4.79 Å². The van der Waals surface area contributed by atoms with E-state index in [1.54, 1.807) is 0 Å². The lowest BCUT2D eigenvalue weighted by Gasteiger charge is -2.20. The van der Waals surface area contributed by atoms with Crippen LogP contribution in [0.4, 0.5) is 8.78 Å². The molecule has 104 valence electrons. The summed E-state index contributed by atoms with van der Waals surface area (Å²) in [6.45, 7) is 0.498. The molecule has 19 heavy (non-hydrogen) atoms. The van der Waals surface area contributed by atoms with Crippen molar-refractivity contribution in [3.63, 3.8) is 0 Å². The number of nitrogens with one attached hydrogen (secondary N) is 1. The van der Waals surface area contributed by atoms with Gasteiger partial charge in [-0.25, -0.2) is 8.78 Å². The van der Waals surface area contributed by atoms with Gasteiger partial charge in [0, 0.05) is 19.6 Å². The van der Waals surface area contributed by atoms with E-state index in [0.29, 0.717) is 13.0 Å². The second-order valence-corrected chi connectivity index (χ2v) is 4.86. The average Bonchev–Trinajstić information content (AvgIpc) is 2.78. The molecule has 1 fully saturated rings. The largest absolute Gasteiger partial charge is 0.386 e. The van der Waals surface area contributed by atoms with Crippen LogP contribution in [0.2, 0.25) is 5.02 Å². The van der Waals surface area contributed by atoms with Crippen molar-refractivity contribution in [3.8, 4) is 0 Å². The topological polar surface area (TPSA) is 58.6 Å². The fourth-order valence-corrected chi connectivity index (χ4v) is 2.01. The van der Waals surface area contributed by atoms with Gasteiger partial charge in [0.25, 0.3) is 5.91 Å². The van der Waals surface area contributed by atoms with Crippen LogP contribution in [0.1, 0.15) is 16.8 Å². The molecule has 1 amide bonds. The summed E-state index contributed by atoms with van der Waals surface area (Å²) in [6.07, 6.45) is 0.402. The average molecular weight is 292 g/mol. The normalized spacial score (nSPS) is 22.5. The Labute approximate surface area is 113 Å². The van der Waals surface area contributed by atoms with Gasteiger partial charge >= 0.3 is 0 Å². The summed E-state index contributed by atoms with van der Waals surface area (Å²) in [5, 5.41) is 12.2. The van der Waals surface area contributed by atoms with Crippen LogP contribution in [0.15, 0.2) is 12.1 Å². The molecule has 1 saturated heterocycles. The molecule has 1 aliphatic heterocycles. The van der Waals surface area contributed by atoms with Crippen molar-refractivity contribution in [2.24, 2.45) is 0 Å². The first kappa shape index (κ1) is 14.2. The molecule has 0 radical (unpaired) electrons. The summed E-state index contributed by atoms with van der Waals surface area (Å²) in [5.74, 6) is -2.95. The van der Waals surface area contributed by atoms with E-state index in [1.807, 2.05) is 0 Å². The van der Waals surface area contributed by atoms with E-state index >= 15 is 0 Å². The number of hydrogen-bond acceptors (Lipinski definition) is 3. The van der Waals surface area contributed by atoms with Gasteiger partial charge in [0.15, 0.2) is 11.6 Å². The third-order valence-corrected chi connectivity index (χ3v) is 3.23. The Bertz CT molecular complexity index is 504. The third kappa shape index (κ3) is 3.20. The minimum absolute atomic E-state index is 0.0405. The number of carbonyl (C=O) groups is 1. The maximum atomic E-state index is 13.1. The molecule has 0 saturated carbocycles. The molecule has 0 bridgehead atoms. The van der Waals surface area contributed by atoms with Crippen molar-refractivity contribution < 1.29 is 23.4 Å². The molecule has 0 aromatic heterocycles. The van der Waals surface area contributed by atoms with Gasteiger partial charge in [-0.05, 0) is 12.1 Å². The van der Waals surface area contributed by atoms with Crippen LogP contribution in [-0.2, 0) is 4.74 Å². The molecule has 2 rings (SSSR count). The maximum Gasteiger partial charge on any atom is 0.253 e. The minimum Gasteiger partial charge on any atom is -0.386 e. The summed E-state index contributed by atoms with van der Waals surface area (Å²) in [4.78, 5) is 11.8. The highest BCUT2D eigenvalue weighted by molar-refractivity contribution is 6.33. The van der Waals surface area contributed by atoms with Crippen LogP contribution < -0.4 is 5.32 Å². The second kappa shape index (κ2) is 5.40. The van der Waals surface area contributed by atoms with E-state index in [2.05, 4.69) is 5.32 Å². The van der Waals surface area contributed by atoms with Crippen LogP contribution in [0.3, 0.4) is 0 Å². The molecule has 7 heteroatoms. The number of rotatable bonds is 3. The van der Waals surface area contributed by atoms with Gasteiger partial charge in [-0.2, -0.15) is 0 Å². The predicted octanol–water partition coefficient (Wildman–Crippen LogP) is 1.50. The van der Waals surface area contributed by atoms with E-state index in [1.165, 1.54) is 0 Å². The number of benzene rings is 1. The zero-order chi connectivity index (χ0) is 14.0. The highest BCUT2D eigenvalue weighted by Gasteiger charge is 2.32. The minimum atomic E-state index is -1.16. The Balaban J connectivity index is 2.06. The molecule has 0 spiro atoms. The Morgan fingerprint density at radius 3 is 2.79 bits per heavy atom. The van der Waals surface area contributed by atoms with Crippen LogP contribution >= 0.6 is 11.6 Å². The van der Waals surface area contributed by atoms with Crippen molar-refractivity contribution in [2.45, 2.75) is 12.0 Å². The zero-order valence-corrected chi connectivity index (χ0v) is 10.6. The SMILES string of the molecule is O=C(NCC1(O)CCOC1)c1cc(F)c(F)cc1Cl. The summed E-state index contributed by atoms with van der Waals surface area (Å²) < 4.78 is 30.9. The smallest absolute Gasteiger partial charge is 0.253 e. The summed E-state index contributed by atoms with van der Waals surface area (Å²) in [6, 6.07) is 1.46. The van der Waals surface area contributed by atoms with Crippen molar-refractivity contribution in [1.82, 2.24) is 5.32 Å². The Kier molecular flexibility index (Phi) is 4.03. The molecule has 1 unspecified atom stereocenters. The summed E-state index contributed by atoms with van der Waals surface area (Å²) >= 11 is 5.67. The first-order valence-electron chi connectivity index (χ1n) is 5.64. The Morgan fingerprint density at radius 2 is 2.16 bits per heavy atom. The highest BCUT2D eigenvalue weighted by Crippen LogP contribution is 2.21. The predicted molar refractivity (Wildman–Crippen MR) is 64.1 cm³/mol. The number of ether oxygens (including phenoxy) is 1. The van der Waals surface area contributed by atoms with Crippen LogP contribution in [0.25, 0.3) is 0 Å². The number of aliphatic hydroxyl groups is 1. The lowest BCUT2D eigenvalue weighted by atomic mass is 10.0. The monoisotopic (exact) mass is 291 g/mol. The summed E-state index contributed by atoms with van der Waals surface area (Å²) in [7, 11) is 0. The fourth-order valence-electron chi connectivity index (χ4n) is 1.77. The van der Waals surface area contributed by atoms with Crippen molar-refractivity contribution in [3.05, 3.63) is 34.4 Å². The molecule has 1 heterocycles. The van der Waals surface area contributed by atoms with Crippen LogP contribution in [0, 0.1) is 11.6 Å². The molecular formula is C12H12ClF2NO3. The zero-order valence-electron chi connectivity index (χ0n) is 9.88. The third-order valence-electron chi connectivity index (χ3n) is 2.92. The van der Waals surface area contributed by atoms with Gasteiger partial charge in [0.05, 0.1) is 17.2 Å². The molecule has 1 atom stereocenters. The van der Waals surface area contributed by atoms with Crippen LogP contribution in [-0.4, -0.2) is 36.4 Å². The molecule has 1 aromatic carbocycles. The van der Waals surface area contributed by atoms with E-state index in [9.17, 15) is 18.7 Å². The second-order valence-electron chi connectivity index (χ2n) is 4.46. The summed E-state index contributed by atoms with van der Waals surface area (Å²) in [5.41, 5.74) is -1.30. The van der Waals surface area contributed by atoms with Gasteiger partial charge in [0.2, 0.25) is 0 Å². The number of carbonyl (C=O) groups excluding carboxylic acids is 1. The standard InChI is InChI=1S/C12H12ClF2NO3/c13-8-4-10(15)9(14)3-7(8)11(17)16-5-12(18)1-2-19-6-12/h3-4,18H,1-2,5-6H2,(H,16,17). The molecule has 1 aliphatic rings. The van der Waals surface area contributed by atoms with E-state index in [0.717, 1.165) is 12.1 Å². The Hall–Kier alpha value is -1.24. The van der Waals surface area contributed by atoms with Gasteiger partial charge in [0.1, 0.15) is 5.60 Å². The molecular weight excluding hydrogens is 280 g/mol. The first-order chi connectivity index (χ1) is 8.91. The molecule has 0 aliphatic carbocycles. The first-order valence-corrected chi connectivity index (χ1v) is 6.02. The van der Waals surface area contributed by atoms with Gasteiger partial charge in [-0.15, -0.1) is 0 Å². The number of amides is 1.